The van der Waals surface area contributed by atoms with E-state index in [-0.39, 0.29) is 13.2 Å². The van der Waals surface area contributed by atoms with E-state index in [1.54, 1.807) is 51.4 Å². The summed E-state index contributed by atoms with van der Waals surface area (Å²) in [6.45, 7) is 2.50. The maximum atomic E-state index is 14.5. The number of benzene rings is 2. The zero-order valence-electron chi connectivity index (χ0n) is 16.4. The van der Waals surface area contributed by atoms with Crippen molar-refractivity contribution < 1.29 is 22.3 Å². The number of methoxy groups -OCH3 is 1. The van der Waals surface area contributed by atoms with Gasteiger partial charge in [0.1, 0.15) is 11.6 Å². The van der Waals surface area contributed by atoms with Crippen LogP contribution in [0.25, 0.3) is 0 Å². The lowest BCUT2D eigenvalue weighted by atomic mass is 9.77. The lowest BCUT2D eigenvalue weighted by Gasteiger charge is -2.42. The minimum absolute atomic E-state index is 0.161. The largest absolute Gasteiger partial charge is 0.497 e. The minimum atomic E-state index is -3.69. The second-order valence-corrected chi connectivity index (χ2v) is 9.60. The van der Waals surface area contributed by atoms with Crippen molar-refractivity contribution in [2.75, 3.05) is 27.4 Å². The highest BCUT2D eigenvalue weighted by atomic mass is 32.2. The van der Waals surface area contributed by atoms with E-state index < -0.39 is 26.5 Å². The zero-order valence-corrected chi connectivity index (χ0v) is 17.2. The molecule has 0 saturated carbocycles. The number of ether oxygens (including phenoxy) is 2. The van der Waals surface area contributed by atoms with E-state index >= 15 is 0 Å². The van der Waals surface area contributed by atoms with Crippen LogP contribution in [0.3, 0.4) is 0 Å². The summed E-state index contributed by atoms with van der Waals surface area (Å²) in [4.78, 5) is 0. The van der Waals surface area contributed by atoms with Crippen LogP contribution in [0, 0.1) is 5.82 Å². The van der Waals surface area contributed by atoms with Crippen LogP contribution >= 0.6 is 0 Å². The van der Waals surface area contributed by atoms with Crippen molar-refractivity contribution in [2.24, 2.45) is 0 Å². The molecule has 2 unspecified atom stereocenters. The van der Waals surface area contributed by atoms with Crippen LogP contribution in [0.2, 0.25) is 0 Å². The Morgan fingerprint density at radius 3 is 2.54 bits per heavy atom. The third kappa shape index (κ3) is 3.92. The highest BCUT2D eigenvalue weighted by molar-refractivity contribution is 7.89. The summed E-state index contributed by atoms with van der Waals surface area (Å²) < 4.78 is 53.5. The molecule has 0 spiro atoms. The van der Waals surface area contributed by atoms with Gasteiger partial charge in [-0.2, -0.15) is 0 Å². The Labute approximate surface area is 166 Å². The fraction of sp³-hybridized carbons (Fsp3) is 0.429. The van der Waals surface area contributed by atoms with Gasteiger partial charge in [0.15, 0.2) is 0 Å². The summed E-state index contributed by atoms with van der Waals surface area (Å²) in [6.07, 6.45) is 0.320. The van der Waals surface area contributed by atoms with Gasteiger partial charge in [0, 0.05) is 25.6 Å². The average Bonchev–Trinajstić information content (AvgIpc) is 2.69. The van der Waals surface area contributed by atoms with Crippen molar-refractivity contribution in [1.29, 1.82) is 0 Å². The standard InChI is InChI=1S/C21H26FNO4S/c1-21(18-6-4-5-7-19(18)22)15-27-13-12-20(21)28(24,25)23(2)14-16-8-10-17(26-3)11-9-16/h4-11,20H,12-15H2,1-3H3. The van der Waals surface area contributed by atoms with Crippen LogP contribution in [-0.4, -0.2) is 45.3 Å². The van der Waals surface area contributed by atoms with Gasteiger partial charge in [0.25, 0.3) is 0 Å². The molecule has 1 saturated heterocycles. The molecule has 0 radical (unpaired) electrons. The third-order valence-electron chi connectivity index (χ3n) is 5.48. The normalized spacial score (nSPS) is 23.0. The number of sulfonamides is 1. The molecule has 0 aliphatic carbocycles. The summed E-state index contributed by atoms with van der Waals surface area (Å²) in [5, 5.41) is -0.770. The molecular weight excluding hydrogens is 381 g/mol. The van der Waals surface area contributed by atoms with Gasteiger partial charge < -0.3 is 9.47 Å². The predicted octanol–water partition coefficient (Wildman–Crippen LogP) is 3.34. The van der Waals surface area contributed by atoms with E-state index in [1.165, 1.54) is 10.4 Å². The van der Waals surface area contributed by atoms with E-state index in [0.29, 0.717) is 24.3 Å². The number of hydrogen-bond acceptors (Lipinski definition) is 4. The molecule has 0 amide bonds. The Morgan fingerprint density at radius 2 is 1.89 bits per heavy atom. The van der Waals surface area contributed by atoms with Crippen LogP contribution in [-0.2, 0) is 26.7 Å². The first-order chi connectivity index (χ1) is 13.3. The molecule has 0 aromatic heterocycles. The lowest BCUT2D eigenvalue weighted by molar-refractivity contribution is 0.0418. The average molecular weight is 408 g/mol. The van der Waals surface area contributed by atoms with Crippen LogP contribution in [0.1, 0.15) is 24.5 Å². The Morgan fingerprint density at radius 1 is 1.21 bits per heavy atom. The first-order valence-electron chi connectivity index (χ1n) is 9.20. The van der Waals surface area contributed by atoms with Crippen molar-refractivity contribution >= 4 is 10.0 Å². The molecule has 1 aliphatic rings. The van der Waals surface area contributed by atoms with E-state index in [2.05, 4.69) is 0 Å². The molecule has 5 nitrogen and oxygen atoms in total. The summed E-state index contributed by atoms with van der Waals surface area (Å²) in [5.41, 5.74) is 0.268. The highest BCUT2D eigenvalue weighted by Gasteiger charge is 2.48. The van der Waals surface area contributed by atoms with E-state index in [4.69, 9.17) is 9.47 Å². The molecule has 2 aromatic carbocycles. The summed E-state index contributed by atoms with van der Waals surface area (Å²) >= 11 is 0. The molecule has 7 heteroatoms. The van der Waals surface area contributed by atoms with Crippen LogP contribution in [0.5, 0.6) is 5.75 Å². The monoisotopic (exact) mass is 407 g/mol. The zero-order chi connectivity index (χ0) is 20.4. The molecule has 28 heavy (non-hydrogen) atoms. The van der Waals surface area contributed by atoms with Gasteiger partial charge in [-0.05, 0) is 35.7 Å². The van der Waals surface area contributed by atoms with Crippen molar-refractivity contribution in [2.45, 2.75) is 30.6 Å². The third-order valence-corrected chi connectivity index (χ3v) is 7.96. The summed E-state index contributed by atoms with van der Waals surface area (Å²) in [6, 6.07) is 13.6. The topological polar surface area (TPSA) is 55.8 Å². The molecule has 3 rings (SSSR count). The molecule has 2 atom stereocenters. The van der Waals surface area contributed by atoms with Crippen LogP contribution in [0.4, 0.5) is 4.39 Å². The van der Waals surface area contributed by atoms with Crippen LogP contribution < -0.4 is 4.74 Å². The Bertz CT molecular complexity index is 916. The molecule has 2 aromatic rings. The fourth-order valence-corrected chi connectivity index (χ4v) is 5.84. The van der Waals surface area contributed by atoms with Gasteiger partial charge in [-0.25, -0.2) is 17.1 Å². The van der Waals surface area contributed by atoms with Crippen molar-refractivity contribution in [3.8, 4) is 5.75 Å². The molecule has 1 fully saturated rings. The number of rotatable bonds is 6. The molecule has 152 valence electrons. The molecule has 0 N–H and O–H groups in total. The van der Waals surface area contributed by atoms with Gasteiger partial charge in [-0.15, -0.1) is 0 Å². The number of nitrogens with zero attached hydrogens (tertiary/aromatic N) is 1. The Balaban J connectivity index is 1.90. The Hall–Kier alpha value is -1.96. The summed E-state index contributed by atoms with van der Waals surface area (Å²) in [7, 11) is -0.543. The number of halogens is 1. The first kappa shape index (κ1) is 20.8. The van der Waals surface area contributed by atoms with Gasteiger partial charge in [-0.3, -0.25) is 0 Å². The van der Waals surface area contributed by atoms with E-state index in [1.807, 2.05) is 12.1 Å². The molecule has 1 heterocycles. The predicted molar refractivity (Wildman–Crippen MR) is 106 cm³/mol. The number of hydrogen-bond donors (Lipinski definition) is 0. The van der Waals surface area contributed by atoms with Gasteiger partial charge in [0.2, 0.25) is 10.0 Å². The first-order valence-corrected chi connectivity index (χ1v) is 10.7. The molecule has 0 bridgehead atoms. The smallest absolute Gasteiger partial charge is 0.218 e. The van der Waals surface area contributed by atoms with Gasteiger partial charge >= 0.3 is 0 Å². The second kappa shape index (κ2) is 8.19. The van der Waals surface area contributed by atoms with Gasteiger partial charge in [0.05, 0.1) is 19.0 Å². The lowest BCUT2D eigenvalue weighted by Crippen LogP contribution is -2.53. The second-order valence-electron chi connectivity index (χ2n) is 7.38. The summed E-state index contributed by atoms with van der Waals surface area (Å²) in [5.74, 6) is 0.305. The highest BCUT2D eigenvalue weighted by Crippen LogP contribution is 2.39. The molecule has 1 aliphatic heterocycles. The van der Waals surface area contributed by atoms with Crippen molar-refractivity contribution in [3.63, 3.8) is 0 Å². The van der Waals surface area contributed by atoms with E-state index in [9.17, 15) is 12.8 Å². The minimum Gasteiger partial charge on any atom is -0.497 e. The maximum absolute atomic E-state index is 14.5. The van der Waals surface area contributed by atoms with Gasteiger partial charge in [-0.1, -0.05) is 37.3 Å². The molecular formula is C21H26FNO4S. The Kier molecular flexibility index (Phi) is 6.07. The maximum Gasteiger partial charge on any atom is 0.218 e. The van der Waals surface area contributed by atoms with Crippen molar-refractivity contribution in [3.05, 3.63) is 65.5 Å². The quantitative estimate of drug-likeness (QED) is 0.737. The SMILES string of the molecule is COc1ccc(CN(C)S(=O)(=O)C2CCOCC2(C)c2ccccc2F)cc1. The van der Waals surface area contributed by atoms with Crippen molar-refractivity contribution in [1.82, 2.24) is 4.31 Å². The van der Waals surface area contributed by atoms with Crippen LogP contribution in [0.15, 0.2) is 48.5 Å². The fourth-order valence-electron chi connectivity index (χ4n) is 3.83. The van der Waals surface area contributed by atoms with E-state index in [0.717, 1.165) is 5.56 Å².